The Morgan fingerprint density at radius 2 is 1.70 bits per heavy atom. The minimum atomic E-state index is -0.856. The summed E-state index contributed by atoms with van der Waals surface area (Å²) in [6.07, 6.45) is 6.81. The maximum absolute atomic E-state index is 14.9. The molecule has 0 spiro atoms. The van der Waals surface area contributed by atoms with Gasteiger partial charge in [0.1, 0.15) is 5.76 Å². The number of benzene rings is 2. The fraction of sp³-hybridized carbons (Fsp3) is 0.286. The molecule has 5 heteroatoms. The molecule has 2 nitrogen and oxygen atoms in total. The van der Waals surface area contributed by atoms with E-state index in [0.29, 0.717) is 49.0 Å². The van der Waals surface area contributed by atoms with Crippen LogP contribution in [0.1, 0.15) is 49.7 Å². The largest absolute Gasteiger partial charge is 0.491 e. The van der Waals surface area contributed by atoms with Gasteiger partial charge in [-0.05, 0) is 66.9 Å². The van der Waals surface area contributed by atoms with Crippen LogP contribution >= 0.6 is 0 Å². The Kier molecular flexibility index (Phi) is 8.34. The zero-order valence-electron chi connectivity index (χ0n) is 18.8. The van der Waals surface area contributed by atoms with Crippen molar-refractivity contribution in [1.29, 1.82) is 0 Å². The molecule has 33 heavy (non-hydrogen) atoms. The van der Waals surface area contributed by atoms with E-state index in [1.165, 1.54) is 6.08 Å². The van der Waals surface area contributed by atoms with Crippen molar-refractivity contribution in [3.63, 3.8) is 0 Å². The van der Waals surface area contributed by atoms with Crippen LogP contribution in [0.4, 0.5) is 13.2 Å². The van der Waals surface area contributed by atoms with Gasteiger partial charge in [-0.1, -0.05) is 61.7 Å². The molecular formula is C28H29F3O2. The molecule has 0 atom stereocenters. The van der Waals surface area contributed by atoms with E-state index in [4.69, 9.17) is 4.74 Å². The highest BCUT2D eigenvalue weighted by atomic mass is 19.2. The molecule has 1 aliphatic rings. The Bertz CT molecular complexity index is 1060. The lowest BCUT2D eigenvalue weighted by molar-refractivity contribution is 0.122. The van der Waals surface area contributed by atoms with E-state index in [2.05, 4.69) is 13.2 Å². The Hall–Kier alpha value is -3.05. The van der Waals surface area contributed by atoms with E-state index in [-0.39, 0.29) is 23.3 Å². The summed E-state index contributed by atoms with van der Waals surface area (Å²) in [6, 6.07) is 10.2. The summed E-state index contributed by atoms with van der Waals surface area (Å²) in [5, 5.41) is 9.66. The van der Waals surface area contributed by atoms with Gasteiger partial charge in [0.2, 0.25) is 0 Å². The first-order valence-electron chi connectivity index (χ1n) is 11.1. The third-order valence-electron chi connectivity index (χ3n) is 5.86. The first-order valence-corrected chi connectivity index (χ1v) is 11.1. The van der Waals surface area contributed by atoms with Crippen LogP contribution in [0, 0.1) is 11.6 Å². The summed E-state index contributed by atoms with van der Waals surface area (Å²) in [5.41, 5.74) is 2.37. The van der Waals surface area contributed by atoms with Crippen molar-refractivity contribution in [2.45, 2.75) is 44.6 Å². The van der Waals surface area contributed by atoms with E-state index in [0.717, 1.165) is 5.56 Å². The average molecular weight is 455 g/mol. The van der Waals surface area contributed by atoms with Crippen LogP contribution in [0.15, 0.2) is 78.9 Å². The molecule has 1 fully saturated rings. The highest BCUT2D eigenvalue weighted by Gasteiger charge is 2.25. The molecule has 174 valence electrons. The molecule has 0 aromatic heterocycles. The molecule has 0 aliphatic heterocycles. The molecule has 0 heterocycles. The third kappa shape index (κ3) is 6.26. The van der Waals surface area contributed by atoms with E-state index < -0.39 is 17.5 Å². The minimum absolute atomic E-state index is 0.0437. The van der Waals surface area contributed by atoms with Crippen LogP contribution in [-0.4, -0.2) is 17.8 Å². The zero-order valence-corrected chi connectivity index (χ0v) is 18.8. The molecule has 3 rings (SSSR count). The van der Waals surface area contributed by atoms with Crippen molar-refractivity contribution in [2.24, 2.45) is 0 Å². The standard InChI is InChI=1S/C28H29F3O2/c1-4-33-19(3)26(29)17-18(2)5-6-20-7-9-21(10-8-20)24-15-16-25(28(31)27(24)30)22-11-13-23(32)14-12-22/h5-10,15-17,22-23,32H,2-4,11-14H2,1H3/b6-5+,26-17+. The topological polar surface area (TPSA) is 29.5 Å². The Labute approximate surface area is 193 Å². The first-order chi connectivity index (χ1) is 15.8. The summed E-state index contributed by atoms with van der Waals surface area (Å²) >= 11 is 0. The van der Waals surface area contributed by atoms with Gasteiger partial charge in [0.05, 0.1) is 12.7 Å². The van der Waals surface area contributed by atoms with Gasteiger partial charge in [0.15, 0.2) is 17.5 Å². The minimum Gasteiger partial charge on any atom is -0.491 e. The number of aliphatic hydroxyl groups is 1. The molecule has 0 amide bonds. The number of aliphatic hydroxyl groups excluding tert-OH is 1. The molecule has 2 aromatic carbocycles. The van der Waals surface area contributed by atoms with Crippen molar-refractivity contribution in [2.75, 3.05) is 6.61 Å². The van der Waals surface area contributed by atoms with Crippen LogP contribution in [0.3, 0.4) is 0 Å². The summed E-state index contributed by atoms with van der Waals surface area (Å²) in [5.74, 6) is -2.37. The van der Waals surface area contributed by atoms with Gasteiger partial charge in [0.25, 0.3) is 0 Å². The van der Waals surface area contributed by atoms with Crippen LogP contribution in [0.5, 0.6) is 0 Å². The van der Waals surface area contributed by atoms with E-state index in [9.17, 15) is 18.3 Å². The van der Waals surface area contributed by atoms with Crippen LogP contribution in [0.25, 0.3) is 17.2 Å². The van der Waals surface area contributed by atoms with Crippen LogP contribution < -0.4 is 0 Å². The number of rotatable bonds is 8. The molecule has 0 bridgehead atoms. The zero-order chi connectivity index (χ0) is 24.0. The maximum atomic E-state index is 14.9. The first kappa shape index (κ1) is 24.6. The quantitative estimate of drug-likeness (QED) is 0.328. The number of hydrogen-bond donors (Lipinski definition) is 1. The summed E-state index contributed by atoms with van der Waals surface area (Å²) in [4.78, 5) is 0. The SMILES string of the molecule is C=C(/C=C/c1ccc(-c2ccc(C3CCC(O)CC3)c(F)c2F)cc1)/C=C(/F)C(=C)OCC. The van der Waals surface area contributed by atoms with Gasteiger partial charge in [-0.25, -0.2) is 13.2 Å². The lowest BCUT2D eigenvalue weighted by Crippen LogP contribution is -2.18. The summed E-state index contributed by atoms with van der Waals surface area (Å²) in [7, 11) is 0. The summed E-state index contributed by atoms with van der Waals surface area (Å²) in [6.45, 7) is 9.36. The smallest absolute Gasteiger partial charge is 0.166 e. The molecular weight excluding hydrogens is 425 g/mol. The van der Waals surface area contributed by atoms with Crippen molar-refractivity contribution in [3.05, 3.63) is 102 Å². The molecule has 1 saturated carbocycles. The lowest BCUT2D eigenvalue weighted by Gasteiger charge is -2.26. The van der Waals surface area contributed by atoms with E-state index in [1.807, 2.05) is 0 Å². The molecule has 2 aromatic rings. The lowest BCUT2D eigenvalue weighted by atomic mass is 9.82. The van der Waals surface area contributed by atoms with Gasteiger partial charge < -0.3 is 9.84 Å². The molecule has 0 saturated heterocycles. The van der Waals surface area contributed by atoms with Crippen LogP contribution in [0.2, 0.25) is 0 Å². The monoisotopic (exact) mass is 454 g/mol. The van der Waals surface area contributed by atoms with Gasteiger partial charge >= 0.3 is 0 Å². The van der Waals surface area contributed by atoms with Crippen molar-refractivity contribution < 1.29 is 23.0 Å². The van der Waals surface area contributed by atoms with Crippen LogP contribution in [-0.2, 0) is 4.74 Å². The maximum Gasteiger partial charge on any atom is 0.166 e. The highest BCUT2D eigenvalue weighted by molar-refractivity contribution is 5.67. The van der Waals surface area contributed by atoms with Crippen molar-refractivity contribution in [1.82, 2.24) is 0 Å². The number of ether oxygens (including phenoxy) is 1. The fourth-order valence-electron chi connectivity index (χ4n) is 4.00. The number of halogens is 3. The molecule has 1 N–H and O–H groups in total. The second-order valence-corrected chi connectivity index (χ2v) is 8.21. The van der Waals surface area contributed by atoms with Gasteiger partial charge in [-0.3, -0.25) is 0 Å². The second-order valence-electron chi connectivity index (χ2n) is 8.21. The predicted octanol–water partition coefficient (Wildman–Crippen LogP) is 7.62. The third-order valence-corrected chi connectivity index (χ3v) is 5.86. The number of allylic oxidation sites excluding steroid dienone is 4. The molecule has 0 unspecified atom stereocenters. The van der Waals surface area contributed by atoms with E-state index >= 15 is 0 Å². The van der Waals surface area contributed by atoms with E-state index in [1.54, 1.807) is 55.5 Å². The summed E-state index contributed by atoms with van der Waals surface area (Å²) < 4.78 is 48.6. The Morgan fingerprint density at radius 1 is 1.03 bits per heavy atom. The molecule has 1 aliphatic carbocycles. The molecule has 0 radical (unpaired) electrons. The average Bonchev–Trinajstić information content (AvgIpc) is 2.81. The Morgan fingerprint density at radius 3 is 2.33 bits per heavy atom. The van der Waals surface area contributed by atoms with Gasteiger partial charge in [-0.15, -0.1) is 0 Å². The number of hydrogen-bond acceptors (Lipinski definition) is 2. The fourth-order valence-corrected chi connectivity index (χ4v) is 4.00. The Balaban J connectivity index is 1.71. The van der Waals surface area contributed by atoms with Crippen molar-refractivity contribution >= 4 is 6.08 Å². The predicted molar refractivity (Wildman–Crippen MR) is 127 cm³/mol. The highest BCUT2D eigenvalue weighted by Crippen LogP contribution is 2.37. The van der Waals surface area contributed by atoms with Gasteiger partial charge in [0, 0.05) is 5.56 Å². The second kappa shape index (κ2) is 11.2. The normalized spacial score (nSPS) is 19.0. The van der Waals surface area contributed by atoms with Crippen molar-refractivity contribution in [3.8, 4) is 11.1 Å². The van der Waals surface area contributed by atoms with Gasteiger partial charge in [-0.2, -0.15) is 0 Å².